The van der Waals surface area contributed by atoms with Gasteiger partial charge < -0.3 is 14.5 Å². The van der Waals surface area contributed by atoms with Crippen LogP contribution in [-0.2, 0) is 20.7 Å². The predicted octanol–water partition coefficient (Wildman–Crippen LogP) is 1.86. The number of morpholine rings is 1. The van der Waals surface area contributed by atoms with Crippen LogP contribution in [0.2, 0.25) is 0 Å². The SMILES string of the molecule is CN1CCC(Cc2ccccc2)(C(=O)N2CCO[C@@H]3CCC[C@@H]32)C1=O. The fourth-order valence-electron chi connectivity index (χ4n) is 4.77. The topological polar surface area (TPSA) is 49.9 Å². The maximum Gasteiger partial charge on any atom is 0.239 e. The summed E-state index contributed by atoms with van der Waals surface area (Å²) in [6.45, 7) is 1.84. The van der Waals surface area contributed by atoms with Gasteiger partial charge in [0, 0.05) is 20.1 Å². The number of carbonyl (C=O) groups excluding carboxylic acids is 2. The molecule has 1 aliphatic carbocycles. The average molecular weight is 342 g/mol. The van der Waals surface area contributed by atoms with Crippen LogP contribution in [0.3, 0.4) is 0 Å². The zero-order valence-electron chi connectivity index (χ0n) is 14.8. The molecule has 0 spiro atoms. The third-order valence-electron chi connectivity index (χ3n) is 6.13. The minimum Gasteiger partial charge on any atom is -0.374 e. The minimum absolute atomic E-state index is 0.0194. The summed E-state index contributed by atoms with van der Waals surface area (Å²) < 4.78 is 5.85. The summed E-state index contributed by atoms with van der Waals surface area (Å²) in [7, 11) is 1.81. The van der Waals surface area contributed by atoms with Crippen molar-refractivity contribution in [2.24, 2.45) is 5.41 Å². The Kier molecular flexibility index (Phi) is 4.28. The Hall–Kier alpha value is -1.88. The van der Waals surface area contributed by atoms with Crippen molar-refractivity contribution < 1.29 is 14.3 Å². The van der Waals surface area contributed by atoms with Crippen LogP contribution in [-0.4, -0.2) is 60.5 Å². The molecule has 1 saturated carbocycles. The third-order valence-corrected chi connectivity index (χ3v) is 6.13. The number of amides is 2. The first-order valence-electron chi connectivity index (χ1n) is 9.34. The fourth-order valence-corrected chi connectivity index (χ4v) is 4.77. The number of fused-ring (bicyclic) bond motifs is 1. The molecule has 0 aromatic heterocycles. The molecule has 5 heteroatoms. The molecule has 25 heavy (non-hydrogen) atoms. The van der Waals surface area contributed by atoms with E-state index in [0.29, 0.717) is 32.5 Å². The Balaban J connectivity index is 1.66. The summed E-state index contributed by atoms with van der Waals surface area (Å²) >= 11 is 0. The number of hydrogen-bond acceptors (Lipinski definition) is 3. The minimum atomic E-state index is -0.944. The number of hydrogen-bond donors (Lipinski definition) is 0. The number of likely N-dealkylation sites (tertiary alicyclic amines) is 1. The highest BCUT2D eigenvalue weighted by atomic mass is 16.5. The monoisotopic (exact) mass is 342 g/mol. The molecule has 2 saturated heterocycles. The summed E-state index contributed by atoms with van der Waals surface area (Å²) in [4.78, 5) is 30.4. The van der Waals surface area contributed by atoms with E-state index in [0.717, 1.165) is 24.8 Å². The molecule has 2 aliphatic heterocycles. The van der Waals surface area contributed by atoms with E-state index in [9.17, 15) is 9.59 Å². The van der Waals surface area contributed by atoms with Gasteiger partial charge in [0.25, 0.3) is 0 Å². The van der Waals surface area contributed by atoms with Crippen LogP contribution in [0.1, 0.15) is 31.2 Å². The van der Waals surface area contributed by atoms with E-state index in [-0.39, 0.29) is 24.0 Å². The largest absolute Gasteiger partial charge is 0.374 e. The third kappa shape index (κ3) is 2.74. The van der Waals surface area contributed by atoms with Crippen LogP contribution in [0.25, 0.3) is 0 Å². The van der Waals surface area contributed by atoms with Crippen LogP contribution in [0.4, 0.5) is 0 Å². The predicted molar refractivity (Wildman–Crippen MR) is 93.9 cm³/mol. The van der Waals surface area contributed by atoms with E-state index in [1.54, 1.807) is 11.9 Å². The molecule has 134 valence electrons. The number of carbonyl (C=O) groups is 2. The molecule has 2 heterocycles. The second kappa shape index (κ2) is 6.45. The second-order valence-electron chi connectivity index (χ2n) is 7.63. The second-order valence-corrected chi connectivity index (χ2v) is 7.63. The Morgan fingerprint density at radius 3 is 2.76 bits per heavy atom. The van der Waals surface area contributed by atoms with Gasteiger partial charge in [0.2, 0.25) is 11.8 Å². The lowest BCUT2D eigenvalue weighted by atomic mass is 9.78. The summed E-state index contributed by atoms with van der Waals surface area (Å²) in [6.07, 6.45) is 4.35. The molecule has 3 aliphatic rings. The van der Waals surface area contributed by atoms with Crippen LogP contribution in [0.15, 0.2) is 30.3 Å². The summed E-state index contributed by atoms with van der Waals surface area (Å²) in [5, 5.41) is 0. The molecule has 4 rings (SSSR count). The molecule has 2 amide bonds. The van der Waals surface area contributed by atoms with Crippen molar-refractivity contribution in [2.45, 2.75) is 44.2 Å². The van der Waals surface area contributed by atoms with Gasteiger partial charge in [-0.3, -0.25) is 9.59 Å². The van der Waals surface area contributed by atoms with Crippen molar-refractivity contribution in [1.82, 2.24) is 9.80 Å². The van der Waals surface area contributed by atoms with E-state index in [4.69, 9.17) is 4.74 Å². The Morgan fingerprint density at radius 2 is 2.04 bits per heavy atom. The molecule has 0 N–H and O–H groups in total. The lowest BCUT2D eigenvalue weighted by molar-refractivity contribution is -0.160. The number of nitrogens with zero attached hydrogens (tertiary/aromatic N) is 2. The highest BCUT2D eigenvalue weighted by molar-refractivity contribution is 6.06. The van der Waals surface area contributed by atoms with Gasteiger partial charge in [0.15, 0.2) is 0 Å². The number of benzene rings is 1. The lowest BCUT2D eigenvalue weighted by Gasteiger charge is -2.42. The lowest BCUT2D eigenvalue weighted by Crippen LogP contribution is -2.58. The standard InChI is InChI=1S/C20H26N2O3/c1-21-11-10-20(18(21)23,14-15-6-3-2-4-7-15)19(24)22-12-13-25-17-9-5-8-16(17)22/h2-4,6-7,16-17H,5,8-14H2,1H3/t16-,17+,20?/m0/s1. The highest BCUT2D eigenvalue weighted by Gasteiger charge is 2.55. The first-order chi connectivity index (χ1) is 12.1. The van der Waals surface area contributed by atoms with Crippen molar-refractivity contribution in [1.29, 1.82) is 0 Å². The first kappa shape index (κ1) is 16.6. The normalized spacial score (nSPS) is 32.1. The van der Waals surface area contributed by atoms with Gasteiger partial charge in [-0.1, -0.05) is 30.3 Å². The first-order valence-corrected chi connectivity index (χ1v) is 9.34. The van der Waals surface area contributed by atoms with Crippen molar-refractivity contribution in [3.63, 3.8) is 0 Å². The molecular formula is C20H26N2O3. The molecule has 0 bridgehead atoms. The molecule has 1 unspecified atom stereocenters. The van der Waals surface area contributed by atoms with Crippen LogP contribution < -0.4 is 0 Å². The Morgan fingerprint density at radius 1 is 1.24 bits per heavy atom. The molecule has 0 radical (unpaired) electrons. The summed E-state index contributed by atoms with van der Waals surface area (Å²) in [5.74, 6) is -0.00621. The molecule has 3 atom stereocenters. The van der Waals surface area contributed by atoms with E-state index in [2.05, 4.69) is 0 Å². The maximum atomic E-state index is 13.6. The van der Waals surface area contributed by atoms with E-state index < -0.39 is 5.41 Å². The zero-order chi connectivity index (χ0) is 17.4. The van der Waals surface area contributed by atoms with Crippen LogP contribution >= 0.6 is 0 Å². The number of ether oxygens (including phenoxy) is 1. The van der Waals surface area contributed by atoms with Crippen molar-refractivity contribution in [3.8, 4) is 0 Å². The van der Waals surface area contributed by atoms with Crippen molar-refractivity contribution >= 4 is 11.8 Å². The van der Waals surface area contributed by atoms with Crippen molar-refractivity contribution in [2.75, 3.05) is 26.7 Å². The van der Waals surface area contributed by atoms with E-state index in [1.807, 2.05) is 35.2 Å². The Bertz CT molecular complexity index is 662. The molecule has 1 aromatic rings. The summed E-state index contributed by atoms with van der Waals surface area (Å²) in [6, 6.07) is 10.1. The van der Waals surface area contributed by atoms with Gasteiger partial charge in [-0.2, -0.15) is 0 Å². The van der Waals surface area contributed by atoms with Crippen molar-refractivity contribution in [3.05, 3.63) is 35.9 Å². The van der Waals surface area contributed by atoms with E-state index >= 15 is 0 Å². The van der Waals surface area contributed by atoms with E-state index in [1.165, 1.54) is 0 Å². The van der Waals surface area contributed by atoms with Gasteiger partial charge in [0.1, 0.15) is 5.41 Å². The van der Waals surface area contributed by atoms with Gasteiger partial charge in [0.05, 0.1) is 18.8 Å². The molecule has 3 fully saturated rings. The molecular weight excluding hydrogens is 316 g/mol. The van der Waals surface area contributed by atoms with Gasteiger partial charge >= 0.3 is 0 Å². The van der Waals surface area contributed by atoms with Gasteiger partial charge in [-0.15, -0.1) is 0 Å². The highest BCUT2D eigenvalue weighted by Crippen LogP contribution is 2.40. The maximum absolute atomic E-state index is 13.6. The molecule has 5 nitrogen and oxygen atoms in total. The quantitative estimate of drug-likeness (QED) is 0.788. The average Bonchev–Trinajstić information content (AvgIpc) is 3.23. The van der Waals surface area contributed by atoms with Crippen LogP contribution in [0.5, 0.6) is 0 Å². The smallest absolute Gasteiger partial charge is 0.239 e. The van der Waals surface area contributed by atoms with Gasteiger partial charge in [-0.05, 0) is 37.7 Å². The summed E-state index contributed by atoms with van der Waals surface area (Å²) in [5.41, 5.74) is 0.108. The van der Waals surface area contributed by atoms with Gasteiger partial charge in [-0.25, -0.2) is 0 Å². The zero-order valence-corrected chi connectivity index (χ0v) is 14.8. The fraction of sp³-hybridized carbons (Fsp3) is 0.600. The van der Waals surface area contributed by atoms with Crippen LogP contribution in [0, 0.1) is 5.41 Å². The Labute approximate surface area is 148 Å². The number of rotatable bonds is 3. The molecule has 1 aromatic carbocycles.